The summed E-state index contributed by atoms with van der Waals surface area (Å²) in [6.45, 7) is -0.676. The van der Waals surface area contributed by atoms with E-state index in [0.29, 0.717) is 16.4 Å². The van der Waals surface area contributed by atoms with Crippen molar-refractivity contribution in [2.45, 2.75) is 6.67 Å². The lowest BCUT2D eigenvalue weighted by atomic mass is 10.2. The van der Waals surface area contributed by atoms with Gasteiger partial charge >= 0.3 is 0 Å². The van der Waals surface area contributed by atoms with Gasteiger partial charge in [-0.1, -0.05) is 11.6 Å². The number of alkyl halides is 1. The Labute approximate surface area is 90.2 Å². The molecule has 0 spiro atoms. The zero-order valence-corrected chi connectivity index (χ0v) is 8.32. The van der Waals surface area contributed by atoms with Crippen molar-refractivity contribution in [3.05, 3.63) is 35.8 Å². The van der Waals surface area contributed by atoms with Crippen molar-refractivity contribution >= 4 is 11.6 Å². The zero-order chi connectivity index (χ0) is 10.7. The monoisotopic (exact) mass is 224 g/mol. The molecule has 76 valence electrons. The quantitative estimate of drug-likeness (QED) is 0.733. The van der Waals surface area contributed by atoms with Crippen molar-refractivity contribution in [2.24, 2.45) is 0 Å². The number of aromatic nitrogens is 4. The van der Waals surface area contributed by atoms with Gasteiger partial charge < -0.3 is 0 Å². The lowest BCUT2D eigenvalue weighted by Crippen LogP contribution is -1.93. The predicted octanol–water partition coefficient (Wildman–Crippen LogP) is 2.06. The SMILES string of the molecule is FCc1ncc(-c2cc(Cl)ncn2)cn1. The number of hydrogen-bond donors (Lipinski definition) is 0. The Hall–Kier alpha value is -1.62. The van der Waals surface area contributed by atoms with E-state index in [1.54, 1.807) is 6.07 Å². The first-order valence-electron chi connectivity index (χ1n) is 4.14. The van der Waals surface area contributed by atoms with Crippen LogP contribution in [-0.2, 0) is 6.67 Å². The summed E-state index contributed by atoms with van der Waals surface area (Å²) in [6, 6.07) is 1.59. The van der Waals surface area contributed by atoms with Crippen molar-refractivity contribution in [3.8, 4) is 11.3 Å². The highest BCUT2D eigenvalue weighted by molar-refractivity contribution is 6.29. The largest absolute Gasteiger partial charge is 0.242 e. The second kappa shape index (κ2) is 4.27. The maximum Gasteiger partial charge on any atom is 0.159 e. The second-order valence-corrected chi connectivity index (χ2v) is 3.13. The van der Waals surface area contributed by atoms with Gasteiger partial charge in [0.05, 0.1) is 5.69 Å². The molecule has 0 bridgehead atoms. The molecular weight excluding hydrogens is 219 g/mol. The molecule has 0 aliphatic heterocycles. The molecule has 0 aliphatic rings. The van der Waals surface area contributed by atoms with Gasteiger partial charge in [-0.25, -0.2) is 24.3 Å². The highest BCUT2D eigenvalue weighted by Gasteiger charge is 2.02. The van der Waals surface area contributed by atoms with Gasteiger partial charge in [0.15, 0.2) is 5.82 Å². The number of rotatable bonds is 2. The van der Waals surface area contributed by atoms with E-state index >= 15 is 0 Å². The van der Waals surface area contributed by atoms with Crippen LogP contribution in [0.5, 0.6) is 0 Å². The average molecular weight is 225 g/mol. The van der Waals surface area contributed by atoms with Crippen molar-refractivity contribution in [1.82, 2.24) is 19.9 Å². The third-order valence-corrected chi connectivity index (χ3v) is 1.96. The first-order valence-corrected chi connectivity index (χ1v) is 4.52. The third-order valence-electron chi connectivity index (χ3n) is 1.75. The van der Waals surface area contributed by atoms with Crippen LogP contribution in [0.4, 0.5) is 4.39 Å². The van der Waals surface area contributed by atoms with Gasteiger partial charge in [0.2, 0.25) is 0 Å². The molecule has 2 aromatic rings. The summed E-state index contributed by atoms with van der Waals surface area (Å²) in [5, 5.41) is 0.342. The molecule has 4 nitrogen and oxygen atoms in total. The summed E-state index contributed by atoms with van der Waals surface area (Å²) >= 11 is 5.70. The van der Waals surface area contributed by atoms with E-state index < -0.39 is 6.67 Å². The molecule has 0 aliphatic carbocycles. The lowest BCUT2D eigenvalue weighted by Gasteiger charge is -1.99. The Kier molecular flexibility index (Phi) is 2.82. The Bertz CT molecular complexity index is 460. The third kappa shape index (κ3) is 2.24. The van der Waals surface area contributed by atoms with E-state index in [0.717, 1.165) is 0 Å². The highest BCUT2D eigenvalue weighted by atomic mass is 35.5. The van der Waals surface area contributed by atoms with E-state index in [1.165, 1.54) is 18.7 Å². The fraction of sp³-hybridized carbons (Fsp3) is 0.111. The van der Waals surface area contributed by atoms with Crippen LogP contribution in [0.25, 0.3) is 11.3 Å². The number of halogens is 2. The van der Waals surface area contributed by atoms with Crippen LogP contribution in [0.2, 0.25) is 5.15 Å². The number of hydrogen-bond acceptors (Lipinski definition) is 4. The van der Waals surface area contributed by atoms with E-state index in [9.17, 15) is 4.39 Å². The van der Waals surface area contributed by atoms with Gasteiger partial charge in [0.25, 0.3) is 0 Å². The summed E-state index contributed by atoms with van der Waals surface area (Å²) in [5.74, 6) is 0.152. The van der Waals surface area contributed by atoms with E-state index in [1.807, 2.05) is 0 Å². The minimum absolute atomic E-state index is 0.152. The van der Waals surface area contributed by atoms with Gasteiger partial charge in [0, 0.05) is 24.0 Å². The molecule has 2 heterocycles. The molecule has 0 unspecified atom stereocenters. The minimum atomic E-state index is -0.676. The topological polar surface area (TPSA) is 51.6 Å². The zero-order valence-electron chi connectivity index (χ0n) is 7.56. The fourth-order valence-electron chi connectivity index (χ4n) is 1.05. The Morgan fingerprint density at radius 3 is 2.47 bits per heavy atom. The second-order valence-electron chi connectivity index (χ2n) is 2.75. The van der Waals surface area contributed by atoms with Crippen LogP contribution in [-0.4, -0.2) is 19.9 Å². The van der Waals surface area contributed by atoms with E-state index in [-0.39, 0.29) is 5.82 Å². The summed E-state index contributed by atoms with van der Waals surface area (Å²) in [7, 11) is 0. The van der Waals surface area contributed by atoms with Gasteiger partial charge in [-0.3, -0.25) is 0 Å². The Morgan fingerprint density at radius 2 is 1.87 bits per heavy atom. The van der Waals surface area contributed by atoms with Crippen LogP contribution < -0.4 is 0 Å². The predicted molar refractivity (Wildman–Crippen MR) is 52.9 cm³/mol. The van der Waals surface area contributed by atoms with E-state index in [4.69, 9.17) is 11.6 Å². The fourth-order valence-corrected chi connectivity index (χ4v) is 1.19. The van der Waals surface area contributed by atoms with Gasteiger partial charge in [-0.15, -0.1) is 0 Å². The molecule has 15 heavy (non-hydrogen) atoms. The molecule has 0 saturated heterocycles. The average Bonchev–Trinajstić information content (AvgIpc) is 2.29. The maximum atomic E-state index is 12.2. The molecule has 2 rings (SSSR count). The Balaban J connectivity index is 2.37. The molecule has 0 radical (unpaired) electrons. The van der Waals surface area contributed by atoms with Crippen LogP contribution in [0, 0.1) is 0 Å². The van der Waals surface area contributed by atoms with Crippen LogP contribution >= 0.6 is 11.6 Å². The van der Waals surface area contributed by atoms with Crippen LogP contribution in [0.3, 0.4) is 0 Å². The molecule has 0 amide bonds. The summed E-state index contributed by atoms with van der Waals surface area (Å²) in [6.07, 6.45) is 4.35. The summed E-state index contributed by atoms with van der Waals surface area (Å²) in [5.41, 5.74) is 1.29. The highest BCUT2D eigenvalue weighted by Crippen LogP contribution is 2.16. The standard InChI is InChI=1S/C9H6ClFN4/c10-8-1-7(14-5-15-8)6-3-12-9(2-11)13-4-6/h1,3-5H,2H2. The molecule has 6 heteroatoms. The van der Waals surface area contributed by atoms with Crippen LogP contribution in [0.1, 0.15) is 5.82 Å². The van der Waals surface area contributed by atoms with Gasteiger partial charge in [0.1, 0.15) is 18.2 Å². The molecule has 0 fully saturated rings. The maximum absolute atomic E-state index is 12.2. The molecule has 2 aromatic heterocycles. The Morgan fingerprint density at radius 1 is 1.13 bits per heavy atom. The van der Waals surface area contributed by atoms with E-state index in [2.05, 4.69) is 19.9 Å². The number of nitrogens with zero attached hydrogens (tertiary/aromatic N) is 4. The molecule has 0 N–H and O–H groups in total. The smallest absolute Gasteiger partial charge is 0.159 e. The molecule has 0 atom stereocenters. The first kappa shape index (κ1) is 9.92. The normalized spacial score (nSPS) is 10.3. The van der Waals surface area contributed by atoms with Crippen molar-refractivity contribution in [2.75, 3.05) is 0 Å². The minimum Gasteiger partial charge on any atom is -0.242 e. The summed E-state index contributed by atoms with van der Waals surface area (Å²) < 4.78 is 12.2. The van der Waals surface area contributed by atoms with Crippen LogP contribution in [0.15, 0.2) is 24.8 Å². The van der Waals surface area contributed by atoms with Gasteiger partial charge in [-0.05, 0) is 0 Å². The van der Waals surface area contributed by atoms with Crippen molar-refractivity contribution in [1.29, 1.82) is 0 Å². The first-order chi connectivity index (χ1) is 7.29. The van der Waals surface area contributed by atoms with Crippen molar-refractivity contribution in [3.63, 3.8) is 0 Å². The molecule has 0 aromatic carbocycles. The van der Waals surface area contributed by atoms with Gasteiger partial charge in [-0.2, -0.15) is 0 Å². The lowest BCUT2D eigenvalue weighted by molar-refractivity contribution is 0.465. The summed E-state index contributed by atoms with van der Waals surface area (Å²) in [4.78, 5) is 15.4. The molecule has 0 saturated carbocycles. The molecular formula is C9H6ClFN4. The van der Waals surface area contributed by atoms with Crippen molar-refractivity contribution < 1.29 is 4.39 Å².